The van der Waals surface area contributed by atoms with E-state index >= 15 is 0 Å². The summed E-state index contributed by atoms with van der Waals surface area (Å²) in [5.74, 6) is 0.0229. The van der Waals surface area contributed by atoms with Crippen molar-refractivity contribution in [2.24, 2.45) is 0 Å². The molecule has 0 unspecified atom stereocenters. The first-order valence-electron chi connectivity index (χ1n) is 5.91. The Kier molecular flexibility index (Phi) is 7.16. The minimum Gasteiger partial charge on any atom is -0.377 e. The zero-order valence-electron chi connectivity index (χ0n) is 10.9. The second-order valence-corrected chi connectivity index (χ2v) is 3.87. The molecule has 102 valence electrons. The number of rotatable bonds is 10. The van der Waals surface area contributed by atoms with Crippen LogP contribution in [0.3, 0.4) is 0 Å². The topological polar surface area (TPSA) is 78.3 Å². The van der Waals surface area contributed by atoms with Gasteiger partial charge in [-0.05, 0) is 14.0 Å². The zero-order valence-corrected chi connectivity index (χ0v) is 10.9. The second-order valence-electron chi connectivity index (χ2n) is 3.87. The van der Waals surface area contributed by atoms with E-state index in [2.05, 4.69) is 15.6 Å². The number of hydrogen-bond acceptors (Lipinski definition) is 6. The third-order valence-corrected chi connectivity index (χ3v) is 2.09. The van der Waals surface area contributed by atoms with Gasteiger partial charge in [-0.15, -0.1) is 5.10 Å². The molecule has 0 spiro atoms. The molecule has 0 aromatic carbocycles. The van der Waals surface area contributed by atoms with Crippen LogP contribution < -0.4 is 5.32 Å². The highest BCUT2D eigenvalue weighted by Crippen LogP contribution is 1.92. The number of nitrogens with one attached hydrogen (secondary N) is 1. The SMILES string of the molecule is CNCc1cn(CCOCCOCC(C)=O)nn1. The molecular weight excluding hydrogens is 236 g/mol. The van der Waals surface area contributed by atoms with Crippen molar-refractivity contribution in [2.75, 3.05) is 33.5 Å². The number of Topliss-reactive ketones (excluding diaryl/α,β-unsaturated/α-hetero) is 1. The summed E-state index contributed by atoms with van der Waals surface area (Å²) in [5.41, 5.74) is 0.905. The van der Waals surface area contributed by atoms with Crippen molar-refractivity contribution in [3.05, 3.63) is 11.9 Å². The zero-order chi connectivity index (χ0) is 13.2. The molecule has 1 N–H and O–H groups in total. The van der Waals surface area contributed by atoms with Gasteiger partial charge in [-0.3, -0.25) is 4.79 Å². The van der Waals surface area contributed by atoms with Crippen LogP contribution in [0.5, 0.6) is 0 Å². The lowest BCUT2D eigenvalue weighted by molar-refractivity contribution is -0.121. The smallest absolute Gasteiger partial charge is 0.155 e. The number of carbonyl (C=O) groups is 1. The van der Waals surface area contributed by atoms with Crippen LogP contribution in [0.25, 0.3) is 0 Å². The van der Waals surface area contributed by atoms with Gasteiger partial charge in [0.2, 0.25) is 0 Å². The molecule has 0 aliphatic heterocycles. The second kappa shape index (κ2) is 8.73. The van der Waals surface area contributed by atoms with Gasteiger partial charge in [-0.25, -0.2) is 4.68 Å². The maximum Gasteiger partial charge on any atom is 0.155 e. The molecule has 0 bridgehead atoms. The van der Waals surface area contributed by atoms with Crippen LogP contribution in [0.15, 0.2) is 6.20 Å². The summed E-state index contributed by atoms with van der Waals surface area (Å²) >= 11 is 0. The molecule has 0 aliphatic rings. The normalized spacial score (nSPS) is 10.8. The lowest BCUT2D eigenvalue weighted by atomic mass is 10.5. The van der Waals surface area contributed by atoms with E-state index in [0.29, 0.717) is 32.9 Å². The lowest BCUT2D eigenvalue weighted by Crippen LogP contribution is -2.12. The summed E-state index contributed by atoms with van der Waals surface area (Å²) in [6.07, 6.45) is 1.88. The Morgan fingerprint density at radius 1 is 1.39 bits per heavy atom. The van der Waals surface area contributed by atoms with Crippen LogP contribution >= 0.6 is 0 Å². The van der Waals surface area contributed by atoms with E-state index in [1.54, 1.807) is 4.68 Å². The third-order valence-electron chi connectivity index (χ3n) is 2.09. The Labute approximate surface area is 106 Å². The summed E-state index contributed by atoms with van der Waals surface area (Å²) in [4.78, 5) is 10.6. The van der Waals surface area contributed by atoms with Crippen LogP contribution in [0.4, 0.5) is 0 Å². The number of carbonyl (C=O) groups excluding carboxylic acids is 1. The molecule has 1 aromatic rings. The summed E-state index contributed by atoms with van der Waals surface area (Å²) in [7, 11) is 1.86. The van der Waals surface area contributed by atoms with E-state index in [0.717, 1.165) is 5.69 Å². The van der Waals surface area contributed by atoms with Gasteiger partial charge in [0.1, 0.15) is 6.61 Å². The Bertz CT molecular complexity index is 354. The number of nitrogens with zero attached hydrogens (tertiary/aromatic N) is 3. The fraction of sp³-hybridized carbons (Fsp3) is 0.727. The first-order chi connectivity index (χ1) is 8.72. The molecule has 1 aromatic heterocycles. The molecule has 0 saturated heterocycles. The standard InChI is InChI=1S/C11H20N4O3/c1-10(16)9-18-6-5-17-4-3-15-8-11(7-12-2)13-14-15/h8,12H,3-7,9H2,1-2H3. The lowest BCUT2D eigenvalue weighted by Gasteiger charge is -2.04. The Hall–Kier alpha value is -1.31. The maximum absolute atomic E-state index is 10.6. The minimum atomic E-state index is 0.0229. The van der Waals surface area contributed by atoms with Gasteiger partial charge in [0.15, 0.2) is 5.78 Å². The molecular formula is C11H20N4O3. The Balaban J connectivity index is 2.01. The van der Waals surface area contributed by atoms with E-state index < -0.39 is 0 Å². The minimum absolute atomic E-state index is 0.0229. The van der Waals surface area contributed by atoms with Gasteiger partial charge in [0.25, 0.3) is 0 Å². The highest BCUT2D eigenvalue weighted by Gasteiger charge is 1.99. The maximum atomic E-state index is 10.6. The molecule has 7 nitrogen and oxygen atoms in total. The molecule has 0 saturated carbocycles. The number of hydrogen-bond donors (Lipinski definition) is 1. The van der Waals surface area contributed by atoms with Gasteiger partial charge in [-0.1, -0.05) is 5.21 Å². The first kappa shape index (κ1) is 14.7. The fourth-order valence-electron chi connectivity index (χ4n) is 1.30. The van der Waals surface area contributed by atoms with Crippen LogP contribution in [0.2, 0.25) is 0 Å². The van der Waals surface area contributed by atoms with Crippen molar-refractivity contribution in [3.63, 3.8) is 0 Å². The van der Waals surface area contributed by atoms with Crippen molar-refractivity contribution in [1.29, 1.82) is 0 Å². The first-order valence-corrected chi connectivity index (χ1v) is 5.91. The quantitative estimate of drug-likeness (QED) is 0.575. The molecule has 1 rings (SSSR count). The predicted molar refractivity (Wildman–Crippen MR) is 65.1 cm³/mol. The molecule has 7 heteroatoms. The molecule has 0 aliphatic carbocycles. The van der Waals surface area contributed by atoms with Crippen molar-refractivity contribution >= 4 is 5.78 Å². The summed E-state index contributed by atoms with van der Waals surface area (Å²) in [6.45, 7) is 4.47. The van der Waals surface area contributed by atoms with E-state index in [-0.39, 0.29) is 12.4 Å². The van der Waals surface area contributed by atoms with Crippen molar-refractivity contribution in [2.45, 2.75) is 20.0 Å². The Morgan fingerprint density at radius 3 is 2.89 bits per heavy atom. The molecule has 1 heterocycles. The highest BCUT2D eigenvalue weighted by atomic mass is 16.5. The summed E-state index contributed by atoms with van der Waals surface area (Å²) < 4.78 is 12.2. The molecule has 0 fully saturated rings. The predicted octanol–water partition coefficient (Wildman–Crippen LogP) is -0.380. The van der Waals surface area contributed by atoms with E-state index in [9.17, 15) is 4.79 Å². The van der Waals surface area contributed by atoms with E-state index in [1.807, 2.05) is 13.2 Å². The molecule has 18 heavy (non-hydrogen) atoms. The van der Waals surface area contributed by atoms with E-state index in [4.69, 9.17) is 9.47 Å². The summed E-state index contributed by atoms with van der Waals surface area (Å²) in [6, 6.07) is 0. The van der Waals surface area contributed by atoms with Gasteiger partial charge in [0.05, 0.1) is 32.1 Å². The van der Waals surface area contributed by atoms with Crippen LogP contribution in [0.1, 0.15) is 12.6 Å². The van der Waals surface area contributed by atoms with Gasteiger partial charge in [0, 0.05) is 12.7 Å². The van der Waals surface area contributed by atoms with Crippen molar-refractivity contribution < 1.29 is 14.3 Å². The van der Waals surface area contributed by atoms with E-state index in [1.165, 1.54) is 6.92 Å². The van der Waals surface area contributed by atoms with Gasteiger partial charge >= 0.3 is 0 Å². The van der Waals surface area contributed by atoms with Crippen LogP contribution in [-0.2, 0) is 27.4 Å². The van der Waals surface area contributed by atoms with Gasteiger partial charge < -0.3 is 14.8 Å². The van der Waals surface area contributed by atoms with Crippen LogP contribution in [0, 0.1) is 0 Å². The van der Waals surface area contributed by atoms with Crippen LogP contribution in [-0.4, -0.2) is 54.3 Å². The average molecular weight is 256 g/mol. The molecule has 0 radical (unpaired) electrons. The third kappa shape index (κ3) is 6.43. The van der Waals surface area contributed by atoms with Crippen molar-refractivity contribution in [1.82, 2.24) is 20.3 Å². The molecule has 0 amide bonds. The number of ketones is 1. The number of aromatic nitrogens is 3. The Morgan fingerprint density at radius 2 is 2.17 bits per heavy atom. The largest absolute Gasteiger partial charge is 0.377 e. The average Bonchev–Trinajstić information content (AvgIpc) is 2.76. The molecule has 0 atom stereocenters. The highest BCUT2D eigenvalue weighted by molar-refractivity contribution is 5.76. The fourth-order valence-corrected chi connectivity index (χ4v) is 1.30. The monoisotopic (exact) mass is 256 g/mol. The summed E-state index contributed by atoms with van der Waals surface area (Å²) in [5, 5.41) is 11.0. The number of ether oxygens (including phenoxy) is 2. The van der Waals surface area contributed by atoms with Gasteiger partial charge in [-0.2, -0.15) is 0 Å². The van der Waals surface area contributed by atoms with Crippen molar-refractivity contribution in [3.8, 4) is 0 Å².